The van der Waals surface area contributed by atoms with Crippen LogP contribution in [-0.2, 0) is 4.79 Å². The summed E-state index contributed by atoms with van der Waals surface area (Å²) in [7, 11) is 2.14. The molecule has 7 heteroatoms. The van der Waals surface area contributed by atoms with Crippen LogP contribution in [0.3, 0.4) is 0 Å². The van der Waals surface area contributed by atoms with Crippen molar-refractivity contribution in [2.75, 3.05) is 43.4 Å². The topological polar surface area (TPSA) is 64.7 Å². The molecule has 2 amide bonds. The molecule has 1 saturated heterocycles. The maximum Gasteiger partial charge on any atom is 0.261 e. The lowest BCUT2D eigenvalue weighted by Gasteiger charge is -2.34. The van der Waals surface area contributed by atoms with Crippen molar-refractivity contribution in [3.8, 4) is 0 Å². The molecule has 1 aliphatic heterocycles. The fourth-order valence-electron chi connectivity index (χ4n) is 3.03. The minimum absolute atomic E-state index is 0.227. The number of hydrogen-bond donors (Lipinski definition) is 2. The molecule has 27 heavy (non-hydrogen) atoms. The van der Waals surface area contributed by atoms with Crippen LogP contribution in [0.4, 0.5) is 11.4 Å². The van der Waals surface area contributed by atoms with E-state index in [1.54, 1.807) is 13.0 Å². The number of thiophene rings is 1. The predicted octanol–water partition coefficient (Wildman–Crippen LogP) is 2.57. The second-order valence-corrected chi connectivity index (χ2v) is 7.90. The van der Waals surface area contributed by atoms with Gasteiger partial charge in [0.25, 0.3) is 5.91 Å². The lowest BCUT2D eigenvalue weighted by atomic mass is 10.1. The zero-order valence-corrected chi connectivity index (χ0v) is 16.8. The molecule has 0 aliphatic carbocycles. The summed E-state index contributed by atoms with van der Waals surface area (Å²) in [6, 6.07) is 9.03. The Morgan fingerprint density at radius 1 is 1.15 bits per heavy atom. The number of anilines is 2. The van der Waals surface area contributed by atoms with Crippen LogP contribution in [0.1, 0.15) is 22.2 Å². The number of likely N-dealkylation sites (N-methyl/N-ethyl adjacent to an activating group) is 1. The highest BCUT2D eigenvalue weighted by Gasteiger charge is 2.19. The normalized spacial score (nSPS) is 16.0. The van der Waals surface area contributed by atoms with Crippen molar-refractivity contribution in [1.82, 2.24) is 10.2 Å². The van der Waals surface area contributed by atoms with Gasteiger partial charge in [-0.05, 0) is 56.1 Å². The zero-order valence-electron chi connectivity index (χ0n) is 16.0. The number of nitrogens with zero attached hydrogens (tertiary/aromatic N) is 2. The Balaban J connectivity index is 1.59. The van der Waals surface area contributed by atoms with E-state index >= 15 is 0 Å². The molecular weight excluding hydrogens is 360 g/mol. The van der Waals surface area contributed by atoms with E-state index in [2.05, 4.69) is 33.5 Å². The van der Waals surface area contributed by atoms with Crippen molar-refractivity contribution < 1.29 is 9.59 Å². The molecule has 2 aromatic rings. The standard InChI is InChI=1S/C20H26N4O2S/c1-14-13-16(24-10-8-23(3)9-11-24)6-7-17(14)22-19(25)15(2)21-20(26)18-5-4-12-27-18/h4-7,12-13,15H,8-11H2,1-3H3,(H,21,26)(H,22,25)/t15-/m1/s1. The Hall–Kier alpha value is -2.38. The number of aryl methyl sites for hydroxylation is 1. The monoisotopic (exact) mass is 386 g/mol. The van der Waals surface area contributed by atoms with Gasteiger partial charge in [-0.2, -0.15) is 0 Å². The summed E-state index contributed by atoms with van der Waals surface area (Å²) in [5.74, 6) is -0.454. The Morgan fingerprint density at radius 2 is 1.89 bits per heavy atom. The highest BCUT2D eigenvalue weighted by molar-refractivity contribution is 7.12. The van der Waals surface area contributed by atoms with E-state index in [0.717, 1.165) is 37.4 Å². The van der Waals surface area contributed by atoms with Crippen molar-refractivity contribution in [2.24, 2.45) is 0 Å². The summed E-state index contributed by atoms with van der Waals surface area (Å²) in [5.41, 5.74) is 2.96. The number of nitrogens with one attached hydrogen (secondary N) is 2. The maximum absolute atomic E-state index is 12.5. The van der Waals surface area contributed by atoms with Crippen molar-refractivity contribution in [2.45, 2.75) is 19.9 Å². The number of hydrogen-bond acceptors (Lipinski definition) is 5. The fourth-order valence-corrected chi connectivity index (χ4v) is 3.66. The minimum Gasteiger partial charge on any atom is -0.369 e. The molecule has 6 nitrogen and oxygen atoms in total. The Kier molecular flexibility index (Phi) is 6.13. The number of carbonyl (C=O) groups excluding carboxylic acids is 2. The van der Waals surface area contributed by atoms with Crippen LogP contribution in [0.2, 0.25) is 0 Å². The second kappa shape index (κ2) is 8.54. The smallest absolute Gasteiger partial charge is 0.261 e. The Bertz CT molecular complexity index is 798. The van der Waals surface area contributed by atoms with Gasteiger partial charge in [-0.25, -0.2) is 0 Å². The first-order valence-electron chi connectivity index (χ1n) is 9.13. The van der Waals surface area contributed by atoms with E-state index in [9.17, 15) is 9.59 Å². The summed E-state index contributed by atoms with van der Waals surface area (Å²) in [5, 5.41) is 7.49. The number of amides is 2. The molecule has 1 aromatic carbocycles. The molecule has 1 fully saturated rings. The van der Waals surface area contributed by atoms with Gasteiger partial charge in [0.2, 0.25) is 5.91 Å². The summed E-state index contributed by atoms with van der Waals surface area (Å²) in [6.07, 6.45) is 0. The fraction of sp³-hybridized carbons (Fsp3) is 0.400. The van der Waals surface area contributed by atoms with Gasteiger partial charge >= 0.3 is 0 Å². The first kappa shape index (κ1) is 19.4. The van der Waals surface area contributed by atoms with Gasteiger partial charge in [0.05, 0.1) is 4.88 Å². The van der Waals surface area contributed by atoms with Crippen LogP contribution in [0.15, 0.2) is 35.7 Å². The third-order valence-corrected chi connectivity index (χ3v) is 5.69. The van der Waals surface area contributed by atoms with E-state index in [4.69, 9.17) is 0 Å². The molecule has 1 aromatic heterocycles. The molecule has 2 heterocycles. The molecule has 0 bridgehead atoms. The summed E-state index contributed by atoms with van der Waals surface area (Å²) in [4.78, 5) is 29.8. The summed E-state index contributed by atoms with van der Waals surface area (Å²) >= 11 is 1.35. The van der Waals surface area contributed by atoms with Gasteiger partial charge in [0.1, 0.15) is 6.04 Å². The van der Waals surface area contributed by atoms with Crippen molar-refractivity contribution in [3.63, 3.8) is 0 Å². The van der Waals surface area contributed by atoms with Crippen LogP contribution in [-0.4, -0.2) is 56.0 Å². The Labute approximate surface area is 164 Å². The molecule has 0 radical (unpaired) electrons. The van der Waals surface area contributed by atoms with Gasteiger partial charge in [-0.3, -0.25) is 9.59 Å². The SMILES string of the molecule is Cc1cc(N2CCN(C)CC2)ccc1NC(=O)[C@@H](C)NC(=O)c1cccs1. The van der Waals surface area contributed by atoms with Crippen LogP contribution in [0.25, 0.3) is 0 Å². The highest BCUT2D eigenvalue weighted by Crippen LogP contribution is 2.23. The minimum atomic E-state index is -0.615. The van der Waals surface area contributed by atoms with Crippen molar-refractivity contribution >= 4 is 34.5 Å². The lowest BCUT2D eigenvalue weighted by molar-refractivity contribution is -0.117. The molecule has 0 spiro atoms. The van der Waals surface area contributed by atoms with Crippen LogP contribution in [0, 0.1) is 6.92 Å². The third kappa shape index (κ3) is 4.87. The summed E-state index contributed by atoms with van der Waals surface area (Å²) in [6.45, 7) is 7.80. The second-order valence-electron chi connectivity index (χ2n) is 6.95. The van der Waals surface area contributed by atoms with Crippen molar-refractivity contribution in [3.05, 3.63) is 46.2 Å². The third-order valence-electron chi connectivity index (χ3n) is 4.82. The average molecular weight is 387 g/mol. The zero-order chi connectivity index (χ0) is 19.4. The summed E-state index contributed by atoms with van der Waals surface area (Å²) < 4.78 is 0. The largest absolute Gasteiger partial charge is 0.369 e. The van der Waals surface area contributed by atoms with E-state index in [1.807, 2.05) is 30.5 Å². The highest BCUT2D eigenvalue weighted by atomic mass is 32.1. The van der Waals surface area contributed by atoms with Gasteiger partial charge in [-0.1, -0.05) is 6.07 Å². The average Bonchev–Trinajstić information content (AvgIpc) is 3.19. The number of rotatable bonds is 5. The molecule has 3 rings (SSSR count). The molecule has 1 aliphatic rings. The van der Waals surface area contributed by atoms with E-state index < -0.39 is 6.04 Å². The molecule has 2 N–H and O–H groups in total. The van der Waals surface area contributed by atoms with Crippen LogP contribution in [0.5, 0.6) is 0 Å². The first-order valence-corrected chi connectivity index (χ1v) is 10.0. The van der Waals surface area contributed by atoms with Crippen LogP contribution >= 0.6 is 11.3 Å². The molecular formula is C20H26N4O2S. The predicted molar refractivity (Wildman–Crippen MR) is 111 cm³/mol. The number of piperazine rings is 1. The lowest BCUT2D eigenvalue weighted by Crippen LogP contribution is -2.44. The maximum atomic E-state index is 12.5. The molecule has 144 valence electrons. The quantitative estimate of drug-likeness (QED) is 0.829. The number of benzene rings is 1. The van der Waals surface area contributed by atoms with Gasteiger partial charge in [-0.15, -0.1) is 11.3 Å². The van der Waals surface area contributed by atoms with Gasteiger partial charge < -0.3 is 20.4 Å². The first-order chi connectivity index (χ1) is 12.9. The molecule has 0 saturated carbocycles. The van der Waals surface area contributed by atoms with E-state index in [0.29, 0.717) is 4.88 Å². The number of carbonyl (C=O) groups is 2. The van der Waals surface area contributed by atoms with Crippen molar-refractivity contribution in [1.29, 1.82) is 0 Å². The van der Waals surface area contributed by atoms with Gasteiger partial charge in [0, 0.05) is 37.6 Å². The van der Waals surface area contributed by atoms with E-state index in [1.165, 1.54) is 17.0 Å². The molecule has 1 atom stereocenters. The van der Waals surface area contributed by atoms with Gasteiger partial charge in [0.15, 0.2) is 0 Å². The van der Waals surface area contributed by atoms with E-state index in [-0.39, 0.29) is 11.8 Å². The van der Waals surface area contributed by atoms with Crippen LogP contribution < -0.4 is 15.5 Å². The Morgan fingerprint density at radius 3 is 2.52 bits per heavy atom. The molecule has 0 unspecified atom stereocenters.